The molecule has 2 rings (SSSR count). The quantitative estimate of drug-likeness (QED) is 0.898. The number of hydrogen-bond acceptors (Lipinski definition) is 4. The van der Waals surface area contributed by atoms with E-state index in [9.17, 15) is 9.18 Å². The fourth-order valence-electron chi connectivity index (χ4n) is 1.67. The Morgan fingerprint density at radius 1 is 1.40 bits per heavy atom. The largest absolute Gasteiger partial charge is 0.339 e. The Balaban J connectivity index is 1.84. The summed E-state index contributed by atoms with van der Waals surface area (Å²) in [5, 5.41) is 8.72. The van der Waals surface area contributed by atoms with Crippen LogP contribution in [0, 0.1) is 19.7 Å². The first-order chi connectivity index (χ1) is 9.56. The number of anilines is 1. The average Bonchev–Trinajstić information content (AvgIpc) is 2.80. The maximum atomic E-state index is 13.5. The Labute approximate surface area is 115 Å². The summed E-state index contributed by atoms with van der Waals surface area (Å²) in [6, 6.07) is 4.13. The van der Waals surface area contributed by atoms with Crippen LogP contribution < -0.4 is 10.6 Å². The van der Waals surface area contributed by atoms with Crippen molar-refractivity contribution in [2.24, 2.45) is 0 Å². The fourth-order valence-corrected chi connectivity index (χ4v) is 1.67. The van der Waals surface area contributed by atoms with E-state index in [0.717, 1.165) is 0 Å². The van der Waals surface area contributed by atoms with Gasteiger partial charge >= 0.3 is 6.03 Å². The monoisotopic (exact) mass is 278 g/mol. The van der Waals surface area contributed by atoms with Gasteiger partial charge in [0.25, 0.3) is 0 Å². The van der Waals surface area contributed by atoms with Crippen LogP contribution in [0.25, 0.3) is 0 Å². The highest BCUT2D eigenvalue weighted by atomic mass is 19.1. The molecule has 0 saturated heterocycles. The molecule has 0 aliphatic carbocycles. The van der Waals surface area contributed by atoms with E-state index < -0.39 is 11.8 Å². The lowest BCUT2D eigenvalue weighted by atomic mass is 10.2. The molecule has 0 radical (unpaired) electrons. The molecular formula is C13H15FN4O2. The maximum absolute atomic E-state index is 13.5. The summed E-state index contributed by atoms with van der Waals surface area (Å²) in [5.41, 5.74) is 0.839. The first-order valence-corrected chi connectivity index (χ1v) is 6.15. The molecule has 0 aliphatic heterocycles. The van der Waals surface area contributed by atoms with Crippen molar-refractivity contribution in [3.8, 4) is 0 Å². The second-order valence-electron chi connectivity index (χ2n) is 4.30. The minimum absolute atomic E-state index is 0.179. The molecule has 6 nitrogen and oxygen atoms in total. The number of carbonyl (C=O) groups excluding carboxylic acids is 1. The third-order valence-corrected chi connectivity index (χ3v) is 2.65. The molecule has 1 heterocycles. The Hall–Kier alpha value is -2.44. The number of aryl methyl sites for hydroxylation is 2. The molecule has 0 aliphatic rings. The van der Waals surface area contributed by atoms with E-state index in [1.807, 2.05) is 0 Å². The summed E-state index contributed by atoms with van der Waals surface area (Å²) < 4.78 is 18.4. The zero-order chi connectivity index (χ0) is 14.5. The molecule has 1 aromatic carbocycles. The Kier molecular flexibility index (Phi) is 4.29. The Morgan fingerprint density at radius 2 is 2.20 bits per heavy atom. The summed E-state index contributed by atoms with van der Waals surface area (Å²) in [6.45, 7) is 3.76. The van der Waals surface area contributed by atoms with E-state index in [0.29, 0.717) is 30.2 Å². The van der Waals surface area contributed by atoms with Crippen molar-refractivity contribution in [2.75, 3.05) is 11.9 Å². The van der Waals surface area contributed by atoms with Crippen LogP contribution >= 0.6 is 0 Å². The highest BCUT2D eigenvalue weighted by Crippen LogP contribution is 2.18. The van der Waals surface area contributed by atoms with Crippen molar-refractivity contribution in [2.45, 2.75) is 20.3 Å². The van der Waals surface area contributed by atoms with Crippen molar-refractivity contribution < 1.29 is 13.7 Å². The molecule has 0 spiro atoms. The molecule has 1 aromatic heterocycles. The summed E-state index contributed by atoms with van der Waals surface area (Å²) in [5.74, 6) is 0.531. The van der Waals surface area contributed by atoms with Crippen LogP contribution in [-0.4, -0.2) is 22.7 Å². The highest BCUT2D eigenvalue weighted by Gasteiger charge is 2.09. The Bertz CT molecular complexity index is 592. The predicted molar refractivity (Wildman–Crippen MR) is 70.9 cm³/mol. The summed E-state index contributed by atoms with van der Waals surface area (Å²) in [4.78, 5) is 15.7. The number of nitrogens with one attached hydrogen (secondary N) is 2. The zero-order valence-electron chi connectivity index (χ0n) is 11.2. The number of aromatic nitrogens is 2. The van der Waals surface area contributed by atoms with Crippen LogP contribution in [0.15, 0.2) is 22.7 Å². The van der Waals surface area contributed by atoms with Crippen LogP contribution in [0.2, 0.25) is 0 Å². The maximum Gasteiger partial charge on any atom is 0.319 e. The van der Waals surface area contributed by atoms with Crippen molar-refractivity contribution in [1.82, 2.24) is 15.5 Å². The van der Waals surface area contributed by atoms with E-state index in [4.69, 9.17) is 4.52 Å². The van der Waals surface area contributed by atoms with Gasteiger partial charge in [-0.05, 0) is 25.5 Å². The van der Waals surface area contributed by atoms with Crippen molar-refractivity contribution >= 4 is 11.7 Å². The van der Waals surface area contributed by atoms with E-state index in [2.05, 4.69) is 20.8 Å². The van der Waals surface area contributed by atoms with Gasteiger partial charge in [0, 0.05) is 13.0 Å². The minimum Gasteiger partial charge on any atom is -0.339 e. The second kappa shape index (κ2) is 6.14. The van der Waals surface area contributed by atoms with Crippen molar-refractivity contribution in [1.29, 1.82) is 0 Å². The highest BCUT2D eigenvalue weighted by molar-refractivity contribution is 5.90. The van der Waals surface area contributed by atoms with Gasteiger partial charge in [-0.15, -0.1) is 0 Å². The second-order valence-corrected chi connectivity index (χ2v) is 4.30. The number of rotatable bonds is 4. The lowest BCUT2D eigenvalue weighted by molar-refractivity contribution is 0.251. The van der Waals surface area contributed by atoms with Gasteiger partial charge < -0.3 is 15.2 Å². The van der Waals surface area contributed by atoms with E-state index in [1.165, 1.54) is 6.07 Å². The molecule has 0 bridgehead atoms. The number of halogens is 1. The molecule has 0 unspecified atom stereocenters. The van der Waals surface area contributed by atoms with Crippen LogP contribution in [0.3, 0.4) is 0 Å². The summed E-state index contributed by atoms with van der Waals surface area (Å²) >= 11 is 0. The lowest BCUT2D eigenvalue weighted by Crippen LogP contribution is -2.31. The summed E-state index contributed by atoms with van der Waals surface area (Å²) in [7, 11) is 0. The third kappa shape index (κ3) is 3.53. The zero-order valence-corrected chi connectivity index (χ0v) is 11.2. The number of carbonyl (C=O) groups is 1. The molecule has 2 aromatic rings. The van der Waals surface area contributed by atoms with Crippen LogP contribution in [0.1, 0.15) is 17.3 Å². The molecule has 2 N–H and O–H groups in total. The molecule has 2 amide bonds. The van der Waals surface area contributed by atoms with Gasteiger partial charge in [0.1, 0.15) is 5.82 Å². The molecule has 0 atom stereocenters. The first kappa shape index (κ1) is 14.0. The van der Waals surface area contributed by atoms with Crippen molar-refractivity contribution in [3.63, 3.8) is 0 Å². The minimum atomic E-state index is -0.477. The molecule has 7 heteroatoms. The standard InChI is InChI=1S/C13H15FN4O2/c1-8-4-3-5-10(14)12(8)17-13(19)15-7-6-11-16-9(2)18-20-11/h3-5H,6-7H2,1-2H3,(H2,15,17,19). The smallest absolute Gasteiger partial charge is 0.319 e. The number of benzene rings is 1. The average molecular weight is 278 g/mol. The van der Waals surface area contributed by atoms with E-state index in [-0.39, 0.29) is 5.69 Å². The molecule has 20 heavy (non-hydrogen) atoms. The number of nitrogens with zero attached hydrogens (tertiary/aromatic N) is 2. The number of hydrogen-bond donors (Lipinski definition) is 2. The fraction of sp³-hybridized carbons (Fsp3) is 0.308. The number of para-hydroxylation sites is 1. The van der Waals surface area contributed by atoms with Gasteiger partial charge in [-0.3, -0.25) is 0 Å². The summed E-state index contributed by atoms with van der Waals surface area (Å²) in [6.07, 6.45) is 0.421. The van der Waals surface area contributed by atoms with Gasteiger partial charge in [0.15, 0.2) is 5.82 Å². The van der Waals surface area contributed by atoms with Crippen molar-refractivity contribution in [3.05, 3.63) is 41.3 Å². The van der Waals surface area contributed by atoms with Crippen LogP contribution in [0.4, 0.5) is 14.9 Å². The number of amides is 2. The molecule has 0 saturated carbocycles. The SMILES string of the molecule is Cc1noc(CCNC(=O)Nc2c(C)cccc2F)n1. The van der Waals surface area contributed by atoms with E-state index >= 15 is 0 Å². The van der Waals surface area contributed by atoms with Crippen LogP contribution in [-0.2, 0) is 6.42 Å². The van der Waals surface area contributed by atoms with Gasteiger partial charge in [-0.1, -0.05) is 17.3 Å². The third-order valence-electron chi connectivity index (χ3n) is 2.65. The van der Waals surface area contributed by atoms with E-state index in [1.54, 1.807) is 26.0 Å². The molecular weight excluding hydrogens is 263 g/mol. The van der Waals surface area contributed by atoms with Gasteiger partial charge in [0.2, 0.25) is 5.89 Å². The van der Waals surface area contributed by atoms with Gasteiger partial charge in [0.05, 0.1) is 5.69 Å². The van der Waals surface area contributed by atoms with Crippen LogP contribution in [0.5, 0.6) is 0 Å². The van der Waals surface area contributed by atoms with Gasteiger partial charge in [-0.2, -0.15) is 4.98 Å². The Morgan fingerprint density at radius 3 is 2.85 bits per heavy atom. The number of urea groups is 1. The topological polar surface area (TPSA) is 80.0 Å². The normalized spacial score (nSPS) is 10.3. The molecule has 106 valence electrons. The predicted octanol–water partition coefficient (Wildman–Crippen LogP) is 2.19. The molecule has 0 fully saturated rings. The first-order valence-electron chi connectivity index (χ1n) is 6.15. The van der Waals surface area contributed by atoms with Gasteiger partial charge in [-0.25, -0.2) is 9.18 Å². The lowest BCUT2D eigenvalue weighted by Gasteiger charge is -2.10.